The molecule has 5 heteroatoms. The smallest absolute Gasteiger partial charge is 0.136 e. The maximum Gasteiger partial charge on any atom is 0.136 e. The number of amidine groups is 1. The van der Waals surface area contributed by atoms with E-state index in [1.165, 1.54) is 0 Å². The summed E-state index contributed by atoms with van der Waals surface area (Å²) in [7, 11) is -2.08. The van der Waals surface area contributed by atoms with Gasteiger partial charge in [0.15, 0.2) is 0 Å². The summed E-state index contributed by atoms with van der Waals surface area (Å²) in [5.41, 5.74) is 0. The molecule has 0 saturated carbocycles. The highest BCUT2D eigenvalue weighted by atomic mass is 79.9. The van der Waals surface area contributed by atoms with Crippen molar-refractivity contribution in [2.24, 2.45) is 9.36 Å². The molecule has 0 bridgehead atoms. The van der Waals surface area contributed by atoms with Gasteiger partial charge in [-0.1, -0.05) is 6.08 Å². The van der Waals surface area contributed by atoms with Crippen LogP contribution in [0, 0.1) is 0 Å². The second-order valence-corrected chi connectivity index (χ2v) is 5.90. The van der Waals surface area contributed by atoms with Gasteiger partial charge in [0.05, 0.1) is 0 Å². The summed E-state index contributed by atoms with van der Waals surface area (Å²) in [6, 6.07) is 0. The lowest BCUT2D eigenvalue weighted by atomic mass is 10.7. The molecule has 0 amide bonds. The Balaban J connectivity index is 4.76. The van der Waals surface area contributed by atoms with Gasteiger partial charge in [0.25, 0.3) is 0 Å². The molecule has 0 radical (unpaired) electrons. The summed E-state index contributed by atoms with van der Waals surface area (Å²) in [6.45, 7) is 3.58. The van der Waals surface area contributed by atoms with Gasteiger partial charge in [0.2, 0.25) is 0 Å². The fraction of sp³-hybridized carbons (Fsp3) is 0.571. The lowest BCUT2D eigenvalue weighted by molar-refractivity contribution is 0.685. The van der Waals surface area contributed by atoms with Crippen molar-refractivity contribution in [3.05, 3.63) is 10.7 Å². The Kier molecular flexibility index (Phi) is 4.70. The minimum absolute atomic E-state index is 0.523. The Morgan fingerprint density at radius 2 is 2.00 bits per heavy atom. The highest BCUT2D eigenvalue weighted by Gasteiger charge is 1.92. The van der Waals surface area contributed by atoms with Crippen LogP contribution in [0.15, 0.2) is 20.0 Å². The van der Waals surface area contributed by atoms with Crippen molar-refractivity contribution in [3.63, 3.8) is 0 Å². The van der Waals surface area contributed by atoms with E-state index in [9.17, 15) is 4.21 Å². The van der Waals surface area contributed by atoms with Gasteiger partial charge < -0.3 is 0 Å². The van der Waals surface area contributed by atoms with Crippen molar-refractivity contribution in [1.82, 2.24) is 0 Å². The summed E-state index contributed by atoms with van der Waals surface area (Å²) in [6.07, 6.45) is 4.96. The Morgan fingerprint density at radius 3 is 2.33 bits per heavy atom. The van der Waals surface area contributed by atoms with E-state index >= 15 is 0 Å². The van der Waals surface area contributed by atoms with Crippen LogP contribution in [-0.4, -0.2) is 22.6 Å². The van der Waals surface area contributed by atoms with Crippen molar-refractivity contribution in [2.75, 3.05) is 12.5 Å². The largest absolute Gasteiger partial charge is 0.250 e. The van der Waals surface area contributed by atoms with Crippen LogP contribution < -0.4 is 0 Å². The lowest BCUT2D eigenvalue weighted by Gasteiger charge is -1.94. The molecule has 0 aromatic heterocycles. The van der Waals surface area contributed by atoms with Crippen LogP contribution in [0.4, 0.5) is 0 Å². The molecular formula is C7H13BrN2OS. The van der Waals surface area contributed by atoms with Crippen molar-refractivity contribution >= 4 is 31.5 Å². The lowest BCUT2D eigenvalue weighted by Crippen LogP contribution is -1.96. The van der Waals surface area contributed by atoms with E-state index in [2.05, 4.69) is 25.3 Å². The third-order valence-electron chi connectivity index (χ3n) is 0.859. The van der Waals surface area contributed by atoms with Crippen molar-refractivity contribution in [3.8, 4) is 0 Å². The first kappa shape index (κ1) is 11.8. The average molecular weight is 253 g/mol. The number of hydrogen-bond acceptors (Lipinski definition) is 2. The summed E-state index contributed by atoms with van der Waals surface area (Å²) < 4.78 is 15.8. The average Bonchev–Trinajstić information content (AvgIpc) is 1.82. The van der Waals surface area contributed by atoms with Crippen molar-refractivity contribution in [2.45, 2.75) is 13.8 Å². The van der Waals surface area contributed by atoms with E-state index in [-0.39, 0.29) is 0 Å². The quantitative estimate of drug-likeness (QED) is 0.402. The molecule has 0 aliphatic rings. The Bertz CT molecular complexity index is 316. The van der Waals surface area contributed by atoms with Gasteiger partial charge in [0, 0.05) is 22.2 Å². The normalized spacial score (nSPS) is 14.8. The molecule has 0 N–H and O–H groups in total. The Hall–Kier alpha value is -0.160. The number of nitrogens with zero attached hydrogens (tertiary/aromatic N) is 2. The molecule has 0 aliphatic carbocycles. The van der Waals surface area contributed by atoms with Gasteiger partial charge in [-0.3, -0.25) is 0 Å². The van der Waals surface area contributed by atoms with Crippen LogP contribution in [0.5, 0.6) is 0 Å². The van der Waals surface area contributed by atoms with Crippen LogP contribution in [0.2, 0.25) is 0 Å². The Morgan fingerprint density at radius 1 is 1.50 bits per heavy atom. The molecule has 0 rings (SSSR count). The van der Waals surface area contributed by atoms with Crippen molar-refractivity contribution in [1.29, 1.82) is 0 Å². The van der Waals surface area contributed by atoms with Gasteiger partial charge in [-0.2, -0.15) is 4.36 Å². The first-order valence-corrected chi connectivity index (χ1v) is 6.52. The highest BCUT2D eigenvalue weighted by Crippen LogP contribution is 2.06. The fourth-order valence-electron chi connectivity index (χ4n) is 0.558. The van der Waals surface area contributed by atoms with E-state index in [4.69, 9.17) is 0 Å². The molecule has 0 aliphatic heterocycles. The maximum atomic E-state index is 11.2. The molecule has 0 fully saturated rings. The summed E-state index contributed by atoms with van der Waals surface area (Å²) >= 11 is 3.21. The van der Waals surface area contributed by atoms with Crippen LogP contribution in [0.25, 0.3) is 0 Å². The monoisotopic (exact) mass is 252 g/mol. The number of rotatable bonds is 1. The van der Waals surface area contributed by atoms with E-state index in [1.807, 2.05) is 6.92 Å². The first-order valence-electron chi connectivity index (χ1n) is 3.39. The molecule has 3 nitrogen and oxygen atoms in total. The molecule has 0 heterocycles. The summed E-state index contributed by atoms with van der Waals surface area (Å²) in [4.78, 5) is 4.03. The predicted octanol–water partition coefficient (Wildman–Crippen LogP) is 2.39. The zero-order valence-electron chi connectivity index (χ0n) is 7.67. The van der Waals surface area contributed by atoms with E-state index < -0.39 is 9.73 Å². The fourth-order valence-corrected chi connectivity index (χ4v) is 1.49. The van der Waals surface area contributed by atoms with Gasteiger partial charge in [-0.05, 0) is 29.8 Å². The predicted molar refractivity (Wildman–Crippen MR) is 58.2 cm³/mol. The molecule has 70 valence electrons. The minimum atomic E-state index is -2.08. The molecule has 0 spiro atoms. The van der Waals surface area contributed by atoms with Crippen LogP contribution in [0.1, 0.15) is 13.8 Å². The number of aliphatic imine (C=N–C) groups is 1. The van der Waals surface area contributed by atoms with Crippen molar-refractivity contribution < 1.29 is 4.21 Å². The number of allylic oxidation sites excluding steroid dienone is 1. The van der Waals surface area contributed by atoms with Gasteiger partial charge >= 0.3 is 0 Å². The first-order chi connectivity index (χ1) is 5.35. The zero-order chi connectivity index (χ0) is 9.78. The van der Waals surface area contributed by atoms with Gasteiger partial charge in [0.1, 0.15) is 10.4 Å². The summed E-state index contributed by atoms with van der Waals surface area (Å²) in [5.74, 6) is 0.523. The maximum absolute atomic E-state index is 11.2. The highest BCUT2D eigenvalue weighted by molar-refractivity contribution is 9.11. The molecular weight excluding hydrogens is 240 g/mol. The zero-order valence-corrected chi connectivity index (χ0v) is 10.1. The van der Waals surface area contributed by atoms with Gasteiger partial charge in [-0.15, -0.1) is 0 Å². The molecule has 0 saturated heterocycles. The third-order valence-corrected chi connectivity index (χ3v) is 2.20. The molecule has 0 aromatic carbocycles. The second kappa shape index (κ2) is 4.77. The third kappa shape index (κ3) is 6.54. The number of halogens is 1. The topological polar surface area (TPSA) is 41.8 Å². The SMILES string of the molecule is C/C=C(/Br)N=C(C)N=S(C)(C)=O. The van der Waals surface area contributed by atoms with Crippen LogP contribution in [-0.2, 0) is 9.73 Å². The molecule has 12 heavy (non-hydrogen) atoms. The molecule has 0 unspecified atom stereocenters. The van der Waals surface area contributed by atoms with Crippen LogP contribution in [0.3, 0.4) is 0 Å². The molecule has 0 atom stereocenters. The van der Waals surface area contributed by atoms with Gasteiger partial charge in [-0.25, -0.2) is 9.20 Å². The van der Waals surface area contributed by atoms with E-state index in [0.717, 1.165) is 0 Å². The van der Waals surface area contributed by atoms with E-state index in [0.29, 0.717) is 10.4 Å². The second-order valence-electron chi connectivity index (χ2n) is 2.54. The Labute approximate surface area is 82.3 Å². The van der Waals surface area contributed by atoms with Crippen LogP contribution >= 0.6 is 15.9 Å². The standard InChI is InChI=1S/C7H13BrN2OS/c1-5-7(8)9-6(2)10-12(3,4)11/h5H,1-4H3/b7-5-,9-6?. The molecule has 0 aromatic rings. The van der Waals surface area contributed by atoms with E-state index in [1.54, 1.807) is 25.5 Å². The number of hydrogen-bond donors (Lipinski definition) is 0. The summed E-state index contributed by atoms with van der Waals surface area (Å²) in [5, 5.41) is 0. The minimum Gasteiger partial charge on any atom is -0.250 e.